The minimum atomic E-state index is -0.690. The lowest BCUT2D eigenvalue weighted by Gasteiger charge is -2.35. The number of fused-ring (bicyclic) bond motifs is 1. The molecule has 1 aromatic carbocycles. The van der Waals surface area contributed by atoms with E-state index in [4.69, 9.17) is 4.74 Å². The Morgan fingerprint density at radius 1 is 1.22 bits per heavy atom. The molecular weight excluding hydrogens is 464 g/mol. The average molecular weight is 496 g/mol. The lowest BCUT2D eigenvalue weighted by atomic mass is 10.2. The molecule has 1 fully saturated rings. The van der Waals surface area contributed by atoms with Gasteiger partial charge in [-0.2, -0.15) is 0 Å². The Hall–Kier alpha value is -3.79. The van der Waals surface area contributed by atoms with Crippen molar-refractivity contribution >= 4 is 35.0 Å². The molecule has 0 amide bonds. The zero-order chi connectivity index (χ0) is 25.8. The fourth-order valence-corrected chi connectivity index (χ4v) is 4.25. The molecular formula is C26H31F2N7O. The standard InChI is InChI=1S/C26H31F2N7O/c1-6-34-9-11-35(12-10-34)18-7-8-22(31-15-18)33-25(29-4)17(3)26(30-5)36-21-14-20(27)24-19(23(21)28)13-16(2)32-24/h7-8,13-15,32H,5-6,9-12H2,1-4H3,(H,29,31,33)/b26-17+. The van der Waals surface area contributed by atoms with Gasteiger partial charge >= 0.3 is 0 Å². The van der Waals surface area contributed by atoms with E-state index in [-0.39, 0.29) is 22.5 Å². The van der Waals surface area contributed by atoms with Crippen molar-refractivity contribution in [1.29, 1.82) is 0 Å². The molecule has 4 rings (SSSR count). The van der Waals surface area contributed by atoms with Gasteiger partial charge < -0.3 is 24.8 Å². The van der Waals surface area contributed by atoms with Crippen LogP contribution in [0.1, 0.15) is 19.5 Å². The van der Waals surface area contributed by atoms with Gasteiger partial charge in [-0.05, 0) is 45.3 Å². The Labute approximate surface area is 209 Å². The molecule has 0 saturated carbocycles. The highest BCUT2D eigenvalue weighted by Crippen LogP contribution is 2.31. The maximum atomic E-state index is 15.0. The zero-order valence-electron chi connectivity index (χ0n) is 21.0. The summed E-state index contributed by atoms with van der Waals surface area (Å²) >= 11 is 0. The molecule has 8 nitrogen and oxygen atoms in total. The Bertz CT molecular complexity index is 1310. The van der Waals surface area contributed by atoms with Crippen molar-refractivity contribution in [3.63, 3.8) is 0 Å². The zero-order valence-corrected chi connectivity index (χ0v) is 21.0. The number of H-pyrrole nitrogens is 1. The molecule has 0 aliphatic carbocycles. The van der Waals surface area contributed by atoms with Crippen LogP contribution in [0.15, 0.2) is 51.9 Å². The van der Waals surface area contributed by atoms with Crippen LogP contribution in [-0.4, -0.2) is 67.2 Å². The summed E-state index contributed by atoms with van der Waals surface area (Å²) < 4.78 is 35.2. The molecule has 3 aromatic rings. The smallest absolute Gasteiger partial charge is 0.225 e. The summed E-state index contributed by atoms with van der Waals surface area (Å²) in [5.74, 6) is -0.618. The maximum Gasteiger partial charge on any atom is 0.225 e. The lowest BCUT2D eigenvalue weighted by Crippen LogP contribution is -2.46. The second-order valence-electron chi connectivity index (χ2n) is 8.62. The second-order valence-corrected chi connectivity index (χ2v) is 8.62. The number of aliphatic imine (C=N–C) groups is 2. The van der Waals surface area contributed by atoms with E-state index in [0.29, 0.717) is 22.9 Å². The van der Waals surface area contributed by atoms with Crippen molar-refractivity contribution in [2.75, 3.05) is 50.0 Å². The van der Waals surface area contributed by atoms with Crippen LogP contribution < -0.4 is 15.0 Å². The number of amidine groups is 1. The summed E-state index contributed by atoms with van der Waals surface area (Å²) in [6.07, 6.45) is 1.83. The summed E-state index contributed by atoms with van der Waals surface area (Å²) in [6, 6.07) is 6.40. The molecule has 0 unspecified atom stereocenters. The van der Waals surface area contributed by atoms with Crippen molar-refractivity contribution in [2.45, 2.75) is 20.8 Å². The number of aromatic amines is 1. The molecule has 1 aliphatic rings. The number of ether oxygens (including phenoxy) is 1. The molecule has 36 heavy (non-hydrogen) atoms. The molecule has 0 bridgehead atoms. The maximum absolute atomic E-state index is 15.0. The van der Waals surface area contributed by atoms with Gasteiger partial charge in [0, 0.05) is 50.4 Å². The van der Waals surface area contributed by atoms with Crippen LogP contribution >= 0.6 is 0 Å². The second kappa shape index (κ2) is 10.9. The molecule has 1 aliphatic heterocycles. The summed E-state index contributed by atoms with van der Waals surface area (Å²) in [5, 5.41) is 3.25. The number of anilines is 2. The third-order valence-electron chi connectivity index (χ3n) is 6.33. The van der Waals surface area contributed by atoms with Crippen LogP contribution in [0.5, 0.6) is 5.75 Å². The number of hydrogen-bond donors (Lipinski definition) is 2. The van der Waals surface area contributed by atoms with Gasteiger partial charge in [-0.3, -0.25) is 4.99 Å². The molecule has 0 atom stereocenters. The number of likely N-dealkylation sites (N-methyl/N-ethyl adjacent to an activating group) is 1. The van der Waals surface area contributed by atoms with Gasteiger partial charge in [0.15, 0.2) is 17.4 Å². The van der Waals surface area contributed by atoms with E-state index in [1.165, 1.54) is 6.07 Å². The SMILES string of the molecule is C=N/C(Oc1cc(F)c2[nH]c(C)cc2c1F)=C(C)\C(=N/C)Nc1ccc(N2CCN(CC)CC2)cn1. The van der Waals surface area contributed by atoms with E-state index in [1.807, 2.05) is 18.3 Å². The summed E-state index contributed by atoms with van der Waals surface area (Å²) in [4.78, 5) is 20.2. The van der Waals surface area contributed by atoms with Gasteiger partial charge in [-0.15, -0.1) is 0 Å². The predicted molar refractivity (Wildman–Crippen MR) is 141 cm³/mol. The largest absolute Gasteiger partial charge is 0.435 e. The van der Waals surface area contributed by atoms with Gasteiger partial charge in [0.25, 0.3) is 0 Å². The highest BCUT2D eigenvalue weighted by Gasteiger charge is 2.19. The van der Waals surface area contributed by atoms with Crippen LogP contribution in [0.4, 0.5) is 20.3 Å². The minimum absolute atomic E-state index is 0.00146. The van der Waals surface area contributed by atoms with Crippen LogP contribution in [0, 0.1) is 18.6 Å². The van der Waals surface area contributed by atoms with Crippen LogP contribution in [0.3, 0.4) is 0 Å². The first-order valence-corrected chi connectivity index (χ1v) is 11.8. The molecule has 2 aromatic heterocycles. The molecule has 10 heteroatoms. The van der Waals surface area contributed by atoms with Gasteiger partial charge in [0.05, 0.1) is 23.0 Å². The third kappa shape index (κ3) is 5.23. The molecule has 2 N–H and O–H groups in total. The highest BCUT2D eigenvalue weighted by atomic mass is 19.1. The monoisotopic (exact) mass is 495 g/mol. The summed E-state index contributed by atoms with van der Waals surface area (Å²) in [5.41, 5.74) is 2.24. The number of piperazine rings is 1. The molecule has 0 spiro atoms. The van der Waals surface area contributed by atoms with Crippen molar-refractivity contribution in [1.82, 2.24) is 14.9 Å². The van der Waals surface area contributed by atoms with E-state index >= 15 is 4.39 Å². The number of aryl methyl sites for hydroxylation is 1. The molecule has 3 heterocycles. The molecule has 0 radical (unpaired) electrons. The first-order chi connectivity index (χ1) is 17.3. The molecule has 1 saturated heterocycles. The van der Waals surface area contributed by atoms with E-state index in [1.54, 1.807) is 20.9 Å². The van der Waals surface area contributed by atoms with E-state index in [0.717, 1.165) is 44.5 Å². The summed E-state index contributed by atoms with van der Waals surface area (Å²) in [6.45, 7) is 14.2. The number of pyridine rings is 1. The van der Waals surface area contributed by atoms with Gasteiger partial charge in [-0.25, -0.2) is 18.8 Å². The Morgan fingerprint density at radius 2 is 1.97 bits per heavy atom. The predicted octanol–water partition coefficient (Wildman–Crippen LogP) is 4.74. The van der Waals surface area contributed by atoms with Crippen molar-refractivity contribution in [3.05, 3.63) is 59.2 Å². The third-order valence-corrected chi connectivity index (χ3v) is 6.33. The quantitative estimate of drug-likeness (QED) is 0.281. The number of hydrogen-bond acceptors (Lipinski definition) is 6. The Morgan fingerprint density at radius 3 is 2.58 bits per heavy atom. The average Bonchev–Trinajstić information content (AvgIpc) is 3.31. The fraction of sp³-hybridized carbons (Fsp3) is 0.346. The first kappa shape index (κ1) is 25.3. The Kier molecular flexibility index (Phi) is 7.64. The van der Waals surface area contributed by atoms with Gasteiger partial charge in [0.1, 0.15) is 11.7 Å². The van der Waals surface area contributed by atoms with Crippen molar-refractivity contribution in [3.8, 4) is 5.75 Å². The number of rotatable bonds is 7. The number of nitrogens with one attached hydrogen (secondary N) is 2. The fourth-order valence-electron chi connectivity index (χ4n) is 4.25. The number of halogens is 2. The Balaban J connectivity index is 1.51. The minimum Gasteiger partial charge on any atom is -0.435 e. The number of benzene rings is 1. The van der Waals surface area contributed by atoms with Crippen molar-refractivity contribution in [2.24, 2.45) is 9.98 Å². The number of aromatic nitrogens is 2. The van der Waals surface area contributed by atoms with Gasteiger partial charge in [-0.1, -0.05) is 6.92 Å². The number of nitrogens with zero attached hydrogens (tertiary/aromatic N) is 5. The van der Waals surface area contributed by atoms with Crippen LogP contribution in [0.25, 0.3) is 10.9 Å². The van der Waals surface area contributed by atoms with Crippen molar-refractivity contribution < 1.29 is 13.5 Å². The van der Waals surface area contributed by atoms with E-state index in [2.05, 4.69) is 48.7 Å². The van der Waals surface area contributed by atoms with Gasteiger partial charge in [0.2, 0.25) is 5.88 Å². The highest BCUT2D eigenvalue weighted by molar-refractivity contribution is 6.07. The topological polar surface area (TPSA) is 81.1 Å². The van der Waals surface area contributed by atoms with Crippen LogP contribution in [-0.2, 0) is 0 Å². The van der Waals surface area contributed by atoms with E-state index < -0.39 is 11.6 Å². The normalized spacial score (nSPS) is 15.7. The molecule has 190 valence electrons. The van der Waals surface area contributed by atoms with E-state index in [9.17, 15) is 4.39 Å². The lowest BCUT2D eigenvalue weighted by molar-refractivity contribution is 0.271. The summed E-state index contributed by atoms with van der Waals surface area (Å²) in [7, 11) is 1.60. The van der Waals surface area contributed by atoms with Crippen LogP contribution in [0.2, 0.25) is 0 Å². The first-order valence-electron chi connectivity index (χ1n) is 11.8.